The fourth-order valence-electron chi connectivity index (χ4n) is 3.03. The lowest BCUT2D eigenvalue weighted by Gasteiger charge is -2.28. The fourth-order valence-corrected chi connectivity index (χ4v) is 3.03. The Labute approximate surface area is 151 Å². The molecular weight excluding hydrogens is 309 g/mol. The first kappa shape index (κ1) is 19.0. The van der Waals surface area contributed by atoms with Gasteiger partial charge in [-0.3, -0.25) is 4.39 Å². The van der Waals surface area contributed by atoms with Crippen molar-refractivity contribution in [3.05, 3.63) is 83.1 Å². The summed E-state index contributed by atoms with van der Waals surface area (Å²) in [6, 6.07) is 12.8. The largest absolute Gasteiger partial charge is 0.341 e. The molecule has 0 fully saturated rings. The fraction of sp³-hybridized carbons (Fsp3) is 0.304. The second-order valence-corrected chi connectivity index (χ2v) is 6.64. The summed E-state index contributed by atoms with van der Waals surface area (Å²) in [5.74, 6) is 0. The van der Waals surface area contributed by atoms with Gasteiger partial charge in [-0.25, -0.2) is 0 Å². The summed E-state index contributed by atoms with van der Waals surface area (Å²) >= 11 is 0. The standard InChI is InChI=1S/C23H28FN/c1-6-20-11-12-21(8-7-13-24)22(15-20)16-25(17(2)3)23-14-18(4)9-10-19(23)5/h6,9-12,14-15H,1-2,7-8,13,16H2,3-5H3. The molecule has 2 heteroatoms. The Hall–Kier alpha value is -2.35. The minimum atomic E-state index is -0.288. The molecule has 0 aliphatic carbocycles. The van der Waals surface area contributed by atoms with Crippen LogP contribution >= 0.6 is 0 Å². The summed E-state index contributed by atoms with van der Waals surface area (Å²) in [5, 5.41) is 0. The molecule has 0 amide bonds. The number of nitrogens with zero attached hydrogens (tertiary/aromatic N) is 1. The van der Waals surface area contributed by atoms with Crippen LogP contribution in [0.15, 0.2) is 55.3 Å². The molecule has 0 heterocycles. The number of benzene rings is 2. The van der Waals surface area contributed by atoms with Crippen LogP contribution in [0.25, 0.3) is 6.08 Å². The quantitative estimate of drug-likeness (QED) is 0.539. The maximum absolute atomic E-state index is 12.7. The Morgan fingerprint density at radius 1 is 1.12 bits per heavy atom. The van der Waals surface area contributed by atoms with Gasteiger partial charge in [-0.2, -0.15) is 0 Å². The van der Waals surface area contributed by atoms with Gasteiger partial charge in [0.25, 0.3) is 0 Å². The molecule has 132 valence electrons. The minimum Gasteiger partial charge on any atom is -0.341 e. The molecule has 0 aromatic heterocycles. The molecule has 0 saturated heterocycles. The molecule has 0 bridgehead atoms. The predicted octanol–water partition coefficient (Wildman–Crippen LogP) is 6.39. The van der Waals surface area contributed by atoms with E-state index in [0.29, 0.717) is 6.42 Å². The molecule has 0 atom stereocenters. The van der Waals surface area contributed by atoms with E-state index in [1.807, 2.05) is 19.1 Å². The Bertz CT molecular complexity index is 761. The molecule has 2 aromatic carbocycles. The third-order valence-corrected chi connectivity index (χ3v) is 4.49. The van der Waals surface area contributed by atoms with Crippen LogP contribution in [0.3, 0.4) is 0 Å². The number of alkyl halides is 1. The smallest absolute Gasteiger partial charge is 0.0897 e. The van der Waals surface area contributed by atoms with E-state index in [1.54, 1.807) is 0 Å². The average Bonchev–Trinajstić information content (AvgIpc) is 2.60. The van der Waals surface area contributed by atoms with Crippen molar-refractivity contribution in [1.82, 2.24) is 0 Å². The van der Waals surface area contributed by atoms with Crippen molar-refractivity contribution in [2.24, 2.45) is 0 Å². The molecule has 0 saturated carbocycles. The Kier molecular flexibility index (Phi) is 6.58. The van der Waals surface area contributed by atoms with Crippen molar-refractivity contribution >= 4 is 11.8 Å². The van der Waals surface area contributed by atoms with Crippen LogP contribution in [0.5, 0.6) is 0 Å². The van der Waals surface area contributed by atoms with Gasteiger partial charge in [0.15, 0.2) is 0 Å². The molecular formula is C23H28FN. The maximum atomic E-state index is 12.7. The van der Waals surface area contributed by atoms with Crippen molar-refractivity contribution in [2.45, 2.75) is 40.2 Å². The topological polar surface area (TPSA) is 3.24 Å². The third kappa shape index (κ3) is 4.82. The van der Waals surface area contributed by atoms with E-state index in [1.165, 1.54) is 27.9 Å². The van der Waals surface area contributed by atoms with E-state index < -0.39 is 0 Å². The molecule has 1 nitrogen and oxygen atoms in total. The summed E-state index contributed by atoms with van der Waals surface area (Å²) in [6.45, 7) is 14.7. The van der Waals surface area contributed by atoms with Gasteiger partial charge >= 0.3 is 0 Å². The van der Waals surface area contributed by atoms with Gasteiger partial charge in [-0.05, 0) is 73.6 Å². The van der Waals surface area contributed by atoms with Gasteiger partial charge < -0.3 is 4.90 Å². The number of rotatable bonds is 8. The van der Waals surface area contributed by atoms with E-state index in [2.05, 4.69) is 62.2 Å². The van der Waals surface area contributed by atoms with Gasteiger partial charge in [0.2, 0.25) is 0 Å². The summed E-state index contributed by atoms with van der Waals surface area (Å²) in [7, 11) is 0. The number of halogens is 1. The van der Waals surface area contributed by atoms with Crippen molar-refractivity contribution in [3.8, 4) is 0 Å². The molecule has 0 spiro atoms. The Morgan fingerprint density at radius 2 is 1.88 bits per heavy atom. The molecule has 2 rings (SSSR count). The number of hydrogen-bond donors (Lipinski definition) is 0. The van der Waals surface area contributed by atoms with E-state index >= 15 is 0 Å². The molecule has 2 aromatic rings. The van der Waals surface area contributed by atoms with Crippen LogP contribution < -0.4 is 4.90 Å². The average molecular weight is 337 g/mol. The van der Waals surface area contributed by atoms with Crippen LogP contribution in [0.2, 0.25) is 0 Å². The maximum Gasteiger partial charge on any atom is 0.0897 e. The van der Waals surface area contributed by atoms with Gasteiger partial charge in [0.1, 0.15) is 0 Å². The van der Waals surface area contributed by atoms with Crippen molar-refractivity contribution in [3.63, 3.8) is 0 Å². The third-order valence-electron chi connectivity index (χ3n) is 4.49. The molecule has 0 N–H and O–H groups in total. The van der Waals surface area contributed by atoms with E-state index in [-0.39, 0.29) is 6.67 Å². The lowest BCUT2D eigenvalue weighted by Crippen LogP contribution is -2.21. The minimum absolute atomic E-state index is 0.288. The summed E-state index contributed by atoms with van der Waals surface area (Å²) in [5.41, 5.74) is 8.10. The Balaban J connectivity index is 2.43. The first-order valence-corrected chi connectivity index (χ1v) is 8.76. The highest BCUT2D eigenvalue weighted by atomic mass is 19.1. The highest BCUT2D eigenvalue weighted by molar-refractivity contribution is 5.59. The molecule has 0 aliphatic heterocycles. The van der Waals surface area contributed by atoms with Gasteiger partial charge in [0.05, 0.1) is 6.67 Å². The van der Waals surface area contributed by atoms with Crippen molar-refractivity contribution in [1.29, 1.82) is 0 Å². The molecule has 0 unspecified atom stereocenters. The Morgan fingerprint density at radius 3 is 2.52 bits per heavy atom. The number of allylic oxidation sites excluding steroid dienone is 1. The second-order valence-electron chi connectivity index (χ2n) is 6.64. The van der Waals surface area contributed by atoms with Crippen LogP contribution in [0.1, 0.15) is 41.2 Å². The highest BCUT2D eigenvalue weighted by Crippen LogP contribution is 2.28. The van der Waals surface area contributed by atoms with Crippen LogP contribution in [-0.2, 0) is 13.0 Å². The number of aryl methyl sites for hydroxylation is 3. The van der Waals surface area contributed by atoms with Gasteiger partial charge in [-0.1, -0.05) is 43.5 Å². The zero-order valence-electron chi connectivity index (χ0n) is 15.6. The second kappa shape index (κ2) is 8.66. The summed E-state index contributed by atoms with van der Waals surface area (Å²) in [6.07, 6.45) is 3.16. The molecule has 25 heavy (non-hydrogen) atoms. The summed E-state index contributed by atoms with van der Waals surface area (Å²) < 4.78 is 12.7. The van der Waals surface area contributed by atoms with Gasteiger partial charge in [0, 0.05) is 17.9 Å². The van der Waals surface area contributed by atoms with Gasteiger partial charge in [-0.15, -0.1) is 0 Å². The van der Waals surface area contributed by atoms with Crippen LogP contribution in [-0.4, -0.2) is 6.67 Å². The number of hydrogen-bond acceptors (Lipinski definition) is 1. The highest BCUT2D eigenvalue weighted by Gasteiger charge is 2.14. The van der Waals surface area contributed by atoms with E-state index in [9.17, 15) is 4.39 Å². The zero-order valence-corrected chi connectivity index (χ0v) is 15.6. The lowest BCUT2D eigenvalue weighted by atomic mass is 9.99. The first-order valence-electron chi connectivity index (χ1n) is 8.76. The molecule has 0 radical (unpaired) electrons. The monoisotopic (exact) mass is 337 g/mol. The van der Waals surface area contributed by atoms with Crippen LogP contribution in [0, 0.1) is 13.8 Å². The zero-order chi connectivity index (χ0) is 18.4. The molecule has 0 aliphatic rings. The van der Waals surface area contributed by atoms with Crippen molar-refractivity contribution in [2.75, 3.05) is 11.6 Å². The normalized spacial score (nSPS) is 10.6. The predicted molar refractivity (Wildman–Crippen MR) is 108 cm³/mol. The SMILES string of the molecule is C=Cc1ccc(CCCF)c(CN(C(=C)C)c2cc(C)ccc2C)c1. The van der Waals surface area contributed by atoms with Crippen LogP contribution in [0.4, 0.5) is 10.1 Å². The van der Waals surface area contributed by atoms with E-state index in [0.717, 1.165) is 24.2 Å². The lowest BCUT2D eigenvalue weighted by molar-refractivity contribution is 0.472. The van der Waals surface area contributed by atoms with Crippen molar-refractivity contribution < 1.29 is 4.39 Å². The first-order chi connectivity index (χ1) is 12.0. The number of anilines is 1. The summed E-state index contributed by atoms with van der Waals surface area (Å²) in [4.78, 5) is 2.24. The van der Waals surface area contributed by atoms with E-state index in [4.69, 9.17) is 0 Å².